The zero-order valence-electron chi connectivity index (χ0n) is 11.5. The van der Waals surface area contributed by atoms with Gasteiger partial charge in [0.1, 0.15) is 5.75 Å². The second-order valence-electron chi connectivity index (χ2n) is 7.04. The second-order valence-corrected chi connectivity index (χ2v) is 7.96. The largest absolute Gasteiger partial charge is 0.496 e. The molecule has 106 valence electrons. The van der Waals surface area contributed by atoms with E-state index in [0.717, 1.165) is 23.5 Å². The van der Waals surface area contributed by atoms with E-state index in [0.29, 0.717) is 5.41 Å². The molecule has 0 aliphatic heterocycles. The van der Waals surface area contributed by atoms with Crippen molar-refractivity contribution in [1.29, 1.82) is 0 Å². The molecule has 4 saturated carbocycles. The molecule has 0 aromatic heterocycles. The van der Waals surface area contributed by atoms with E-state index >= 15 is 0 Å². The third kappa shape index (κ3) is 2.34. The molecule has 4 bridgehead atoms. The molecule has 0 atom stereocenters. The Labute approximate surface area is 146 Å². The van der Waals surface area contributed by atoms with Gasteiger partial charge in [0.05, 0.1) is 7.11 Å². The molecule has 0 heterocycles. The molecule has 5 rings (SSSR count). The van der Waals surface area contributed by atoms with Crippen molar-refractivity contribution in [2.75, 3.05) is 7.11 Å². The average molecular weight is 348 g/mol. The summed E-state index contributed by atoms with van der Waals surface area (Å²) in [5, 5.41) is 0. The maximum Gasteiger partial charge on any atom is 0.316 e. The molecule has 0 spiro atoms. The molecule has 0 unspecified atom stereocenters. The van der Waals surface area contributed by atoms with Crippen LogP contribution in [0.3, 0.4) is 0 Å². The highest BCUT2D eigenvalue weighted by Gasteiger charge is 2.52. The van der Waals surface area contributed by atoms with Crippen LogP contribution in [0.1, 0.15) is 44.1 Å². The highest BCUT2D eigenvalue weighted by molar-refractivity contribution is 9.10. The van der Waals surface area contributed by atoms with Crippen LogP contribution in [0, 0.1) is 17.8 Å². The Morgan fingerprint density at radius 2 is 1.60 bits per heavy atom. The summed E-state index contributed by atoms with van der Waals surface area (Å²) in [6.07, 6.45) is 8.67. The van der Waals surface area contributed by atoms with Crippen molar-refractivity contribution in [2.45, 2.75) is 43.9 Å². The first-order valence-electron chi connectivity index (χ1n) is 7.52. The van der Waals surface area contributed by atoms with Gasteiger partial charge in [0.25, 0.3) is 0 Å². The van der Waals surface area contributed by atoms with Crippen molar-refractivity contribution in [3.8, 4) is 5.75 Å². The number of benzene rings is 1. The number of ether oxygens (including phenoxy) is 1. The molecule has 0 saturated heterocycles. The maximum absolute atomic E-state index is 5.67. The molecule has 4 fully saturated rings. The lowest BCUT2D eigenvalue weighted by Gasteiger charge is -2.57. The van der Waals surface area contributed by atoms with Gasteiger partial charge >= 0.3 is 23.1 Å². The predicted octanol–water partition coefficient (Wildman–Crippen LogP) is 4.01. The fourth-order valence-electron chi connectivity index (χ4n) is 5.54. The zero-order valence-corrected chi connectivity index (χ0v) is 13.1. The predicted molar refractivity (Wildman–Crippen MR) is 89.1 cm³/mol. The van der Waals surface area contributed by atoms with E-state index in [1.54, 1.807) is 0 Å². The van der Waals surface area contributed by atoms with Gasteiger partial charge in [0.15, 0.2) is 0 Å². The Bertz CT molecular complexity index is 478. The Morgan fingerprint density at radius 1 is 1.05 bits per heavy atom. The lowest BCUT2D eigenvalue weighted by Crippen LogP contribution is -2.48. The molecule has 4 aliphatic rings. The quantitative estimate of drug-likeness (QED) is 0.735. The van der Waals surface area contributed by atoms with Gasteiger partial charge in [-0.1, -0.05) is 15.9 Å². The molecule has 20 heavy (non-hydrogen) atoms. The van der Waals surface area contributed by atoms with E-state index in [2.05, 4.69) is 34.1 Å². The van der Waals surface area contributed by atoms with Gasteiger partial charge in [-0.15, -0.1) is 0 Å². The Kier molecular flexibility index (Phi) is 4.15. The summed E-state index contributed by atoms with van der Waals surface area (Å²) in [5.41, 5.74) is 1.90. The molecule has 1 aromatic rings. The first-order chi connectivity index (χ1) is 9.18. The van der Waals surface area contributed by atoms with Gasteiger partial charge in [0.2, 0.25) is 0 Å². The highest BCUT2D eigenvalue weighted by Crippen LogP contribution is 2.62. The number of hydrogen-bond acceptors (Lipinski definition) is 1. The van der Waals surface area contributed by atoms with Gasteiger partial charge in [-0.3, -0.25) is 0 Å². The maximum atomic E-state index is 5.67. The molecule has 3 heteroatoms. The minimum absolute atomic E-state index is 0. The van der Waals surface area contributed by atoms with Crippen molar-refractivity contribution in [3.63, 3.8) is 0 Å². The van der Waals surface area contributed by atoms with E-state index in [4.69, 9.17) is 4.74 Å². The Morgan fingerprint density at radius 3 is 2.10 bits per heavy atom. The summed E-state index contributed by atoms with van der Waals surface area (Å²) in [6.45, 7) is 0. The summed E-state index contributed by atoms with van der Waals surface area (Å²) in [6, 6.07) is 6.56. The minimum Gasteiger partial charge on any atom is -0.496 e. The van der Waals surface area contributed by atoms with Gasteiger partial charge in [0, 0.05) is 10.0 Å². The monoisotopic (exact) mass is 346 g/mol. The molecule has 1 aromatic carbocycles. The van der Waals surface area contributed by atoms with Crippen LogP contribution >= 0.6 is 15.9 Å². The molecular weight excluding hydrogens is 324 g/mol. The lowest BCUT2D eigenvalue weighted by molar-refractivity contribution is -0.00618. The lowest BCUT2D eigenvalue weighted by atomic mass is 9.48. The number of methoxy groups -OCH3 is 1. The summed E-state index contributed by atoms with van der Waals surface area (Å²) in [5.74, 6) is 4.05. The van der Waals surface area contributed by atoms with Crippen LogP contribution in [0.4, 0.5) is 0 Å². The average Bonchev–Trinajstić information content (AvgIpc) is 2.37. The number of rotatable bonds is 2. The highest BCUT2D eigenvalue weighted by atomic mass is 79.9. The van der Waals surface area contributed by atoms with Crippen LogP contribution in [0.5, 0.6) is 5.75 Å². The van der Waals surface area contributed by atoms with Gasteiger partial charge in [-0.05, 0) is 79.9 Å². The summed E-state index contributed by atoms with van der Waals surface area (Å²) in [7, 11) is 1.81. The normalized spacial score (nSPS) is 37.6. The third-order valence-electron chi connectivity index (χ3n) is 5.77. The zero-order chi connectivity index (χ0) is 13.0. The van der Waals surface area contributed by atoms with Gasteiger partial charge in [-0.25, -0.2) is 0 Å². The minimum atomic E-state index is 0. The SMILES string of the molecule is COc1ccc(Br)cc1C12CC3CC(CC(C3)C1)C2.[MgH2]. The fourth-order valence-corrected chi connectivity index (χ4v) is 5.90. The smallest absolute Gasteiger partial charge is 0.316 e. The number of hydrogen-bond donors (Lipinski definition) is 0. The molecule has 4 aliphatic carbocycles. The summed E-state index contributed by atoms with van der Waals surface area (Å²) >= 11 is 3.65. The number of halogens is 1. The topological polar surface area (TPSA) is 9.23 Å². The first kappa shape index (κ1) is 15.2. The van der Waals surface area contributed by atoms with Crippen LogP contribution in [0.15, 0.2) is 22.7 Å². The van der Waals surface area contributed by atoms with E-state index in [1.807, 2.05) is 7.11 Å². The van der Waals surface area contributed by atoms with Gasteiger partial charge < -0.3 is 4.74 Å². The Balaban J connectivity index is 0.00000121. The van der Waals surface area contributed by atoms with Crippen molar-refractivity contribution in [1.82, 2.24) is 0 Å². The van der Waals surface area contributed by atoms with E-state index in [9.17, 15) is 0 Å². The molecule has 0 amide bonds. The van der Waals surface area contributed by atoms with E-state index in [-0.39, 0.29) is 23.1 Å². The molecular formula is C17H23BrMgO. The molecule has 0 radical (unpaired) electrons. The first-order valence-corrected chi connectivity index (χ1v) is 8.32. The molecule has 0 N–H and O–H groups in total. The van der Waals surface area contributed by atoms with Crippen molar-refractivity contribution in [3.05, 3.63) is 28.2 Å². The summed E-state index contributed by atoms with van der Waals surface area (Å²) in [4.78, 5) is 0. The second kappa shape index (κ2) is 5.47. The van der Waals surface area contributed by atoms with Crippen LogP contribution in [-0.4, -0.2) is 30.2 Å². The van der Waals surface area contributed by atoms with E-state index < -0.39 is 0 Å². The van der Waals surface area contributed by atoms with Crippen molar-refractivity contribution in [2.24, 2.45) is 17.8 Å². The Hall–Kier alpha value is 0.266. The van der Waals surface area contributed by atoms with E-state index in [1.165, 1.54) is 48.6 Å². The van der Waals surface area contributed by atoms with Crippen molar-refractivity contribution >= 4 is 39.0 Å². The summed E-state index contributed by atoms with van der Waals surface area (Å²) < 4.78 is 6.86. The van der Waals surface area contributed by atoms with Crippen LogP contribution < -0.4 is 4.74 Å². The van der Waals surface area contributed by atoms with Crippen LogP contribution in [0.2, 0.25) is 0 Å². The standard InChI is InChI=1S/C17H21BrO.Mg.2H/c1-19-16-3-2-14(18)7-15(16)17-8-11-4-12(9-17)6-13(5-11)10-17;;;/h2-3,7,11-13H,4-6,8-10H2,1H3;;;. The van der Waals surface area contributed by atoms with Gasteiger partial charge in [-0.2, -0.15) is 0 Å². The molecule has 1 nitrogen and oxygen atoms in total. The van der Waals surface area contributed by atoms with Crippen LogP contribution in [0.25, 0.3) is 0 Å². The fraction of sp³-hybridized carbons (Fsp3) is 0.647. The third-order valence-corrected chi connectivity index (χ3v) is 6.26. The van der Waals surface area contributed by atoms with Crippen molar-refractivity contribution < 1.29 is 4.74 Å². The van der Waals surface area contributed by atoms with Crippen LogP contribution in [-0.2, 0) is 5.41 Å².